The van der Waals surface area contributed by atoms with Crippen LogP contribution in [-0.4, -0.2) is 212 Å². The number of fused-ring (bicyclic) bond motifs is 1. The molecule has 0 radical (unpaired) electrons. The monoisotopic (exact) mass is 1280 g/mol. The number of esters is 1. The van der Waals surface area contributed by atoms with E-state index in [4.69, 9.17) is 75.3 Å². The highest BCUT2D eigenvalue weighted by Gasteiger charge is 2.61. The molecule has 8 rings (SSSR count). The zero-order valence-electron chi connectivity index (χ0n) is 53.9. The minimum absolute atomic E-state index is 0.0359. The average molecular weight is 1280 g/mol. The molecule has 88 heavy (non-hydrogen) atoms. The lowest BCUT2D eigenvalue weighted by atomic mass is 9.73. The number of aliphatic hydroxyl groups excluding tert-OH is 2. The van der Waals surface area contributed by atoms with Crippen molar-refractivity contribution >= 4 is 52.8 Å². The Labute approximate surface area is 529 Å². The van der Waals surface area contributed by atoms with Gasteiger partial charge in [-0.2, -0.15) is 0 Å². The highest BCUT2D eigenvalue weighted by atomic mass is 35.5. The summed E-state index contributed by atoms with van der Waals surface area (Å²) >= 11 is 13.6. The van der Waals surface area contributed by atoms with Crippen LogP contribution in [0.2, 0.25) is 10.0 Å². The van der Waals surface area contributed by atoms with Gasteiger partial charge in [-0.3, -0.25) is 14.6 Å². The number of hydrogen-bond acceptors (Lipinski definition) is 19. The molecule has 24 heteroatoms. The Balaban J connectivity index is 1.15. The number of benzene rings is 1. The number of ketones is 1. The summed E-state index contributed by atoms with van der Waals surface area (Å²) in [6.45, 7) is 20.1. The van der Waals surface area contributed by atoms with E-state index in [0.29, 0.717) is 72.8 Å². The fourth-order valence-corrected chi connectivity index (χ4v) is 15.0. The van der Waals surface area contributed by atoms with Gasteiger partial charge < -0.3 is 81.9 Å². The number of likely N-dealkylation sites (N-methyl/N-ethyl adjacent to an activating group) is 1. The number of carbonyl (C=O) groups is 4. The number of halogens is 2. The lowest BCUT2D eigenvalue weighted by Crippen LogP contribution is -2.63. The SMILES string of the molecule is CC[C@H]1OC(=O)[C@H](C)[C@@H](O[C@H]2C[C@@](C)(OC)[C@@H](O)[C@H](C)O2)[C@H](C)[C@@H](O[C@@H]2O[C@H](C)C[C@H](N(C)C(=O)N3CCOCC3)[C@H]2O)[C@](C)(OC)C[C@@H](C)C(=O)[C@H](C)[C@@H]2N(CCCN(Cc3c(Cl)cncc3Cl)c3ccc(OC)c(OC4CCCC4)c3)C(=O)O[C@@]21C. The molecule has 1 aliphatic carbocycles. The molecule has 3 amide bonds. The number of ether oxygens (including phenoxy) is 11. The molecule has 0 unspecified atom stereocenters. The number of urea groups is 1. The van der Waals surface area contributed by atoms with E-state index in [1.807, 2.05) is 52.8 Å². The zero-order chi connectivity index (χ0) is 64.2. The number of anilines is 1. The molecule has 5 saturated heterocycles. The summed E-state index contributed by atoms with van der Waals surface area (Å²) in [6.07, 6.45) is -1.96. The molecule has 6 aliphatic rings. The van der Waals surface area contributed by atoms with Crippen LogP contribution in [0, 0.1) is 23.7 Å². The first-order valence-electron chi connectivity index (χ1n) is 31.5. The minimum atomic E-state index is -1.56. The Morgan fingerprint density at radius 2 is 1.55 bits per heavy atom. The van der Waals surface area contributed by atoms with Crippen molar-refractivity contribution in [1.82, 2.24) is 19.7 Å². The summed E-state index contributed by atoms with van der Waals surface area (Å²) in [5, 5.41) is 24.5. The third-order valence-electron chi connectivity index (χ3n) is 19.8. The van der Waals surface area contributed by atoms with Crippen LogP contribution < -0.4 is 14.4 Å². The number of Topliss-reactive ketones (excluding diaryl/α,β-unsaturated/α-hetero) is 1. The minimum Gasteiger partial charge on any atom is -0.493 e. The first kappa shape index (κ1) is 69.6. The van der Waals surface area contributed by atoms with E-state index in [1.54, 1.807) is 71.0 Å². The molecule has 0 bridgehead atoms. The van der Waals surface area contributed by atoms with Gasteiger partial charge in [-0.05, 0) is 105 Å². The predicted octanol–water partition coefficient (Wildman–Crippen LogP) is 8.86. The number of rotatable bonds is 18. The number of hydrogen-bond donors (Lipinski definition) is 2. The largest absolute Gasteiger partial charge is 0.493 e. The van der Waals surface area contributed by atoms with Crippen LogP contribution in [0.25, 0.3) is 0 Å². The van der Waals surface area contributed by atoms with Crippen LogP contribution >= 0.6 is 23.2 Å². The summed E-state index contributed by atoms with van der Waals surface area (Å²) < 4.78 is 70.4. The van der Waals surface area contributed by atoms with Crippen LogP contribution in [0.5, 0.6) is 11.5 Å². The van der Waals surface area contributed by atoms with E-state index in [-0.39, 0.29) is 50.3 Å². The summed E-state index contributed by atoms with van der Waals surface area (Å²) in [5.74, 6) is -3.39. The number of morpholine rings is 1. The molecule has 6 fully saturated rings. The number of aliphatic hydroxyl groups is 2. The van der Waals surface area contributed by atoms with Gasteiger partial charge in [0.1, 0.15) is 24.1 Å². The van der Waals surface area contributed by atoms with Crippen molar-refractivity contribution in [2.45, 2.75) is 224 Å². The topological polar surface area (TPSA) is 236 Å². The van der Waals surface area contributed by atoms with Crippen LogP contribution in [0.3, 0.4) is 0 Å². The Morgan fingerprint density at radius 1 is 0.875 bits per heavy atom. The fraction of sp³-hybridized carbons (Fsp3) is 0.766. The van der Waals surface area contributed by atoms with Crippen molar-refractivity contribution in [3.05, 3.63) is 46.2 Å². The molecule has 5 aliphatic heterocycles. The van der Waals surface area contributed by atoms with Crippen LogP contribution in [-0.2, 0) is 58.8 Å². The summed E-state index contributed by atoms with van der Waals surface area (Å²) in [4.78, 5) is 70.9. The Kier molecular flexibility index (Phi) is 23.3. The summed E-state index contributed by atoms with van der Waals surface area (Å²) in [7, 11) is 6.28. The molecule has 18 atom stereocenters. The third-order valence-corrected chi connectivity index (χ3v) is 20.4. The first-order valence-corrected chi connectivity index (χ1v) is 32.3. The number of pyridine rings is 1. The quantitative estimate of drug-likeness (QED) is 0.133. The van der Waals surface area contributed by atoms with E-state index < -0.39 is 120 Å². The maximum absolute atomic E-state index is 15.6. The highest BCUT2D eigenvalue weighted by molar-refractivity contribution is 6.35. The van der Waals surface area contributed by atoms with Gasteiger partial charge in [0.2, 0.25) is 0 Å². The van der Waals surface area contributed by atoms with Crippen LogP contribution in [0.1, 0.15) is 133 Å². The van der Waals surface area contributed by atoms with Gasteiger partial charge in [0.05, 0.1) is 90.1 Å². The molecule has 1 aromatic heterocycles. The molecular formula is C64H97Cl2N5O17. The normalized spacial score (nSPS) is 36.3. The lowest BCUT2D eigenvalue weighted by Gasteiger charge is -2.50. The molecule has 6 heterocycles. The van der Waals surface area contributed by atoms with Crippen LogP contribution in [0.15, 0.2) is 30.6 Å². The smallest absolute Gasteiger partial charge is 0.410 e. The molecule has 2 aromatic rings. The van der Waals surface area contributed by atoms with E-state index in [9.17, 15) is 19.8 Å². The van der Waals surface area contributed by atoms with E-state index >= 15 is 9.59 Å². The van der Waals surface area contributed by atoms with Gasteiger partial charge >= 0.3 is 18.1 Å². The number of nitrogens with zero attached hydrogens (tertiary/aromatic N) is 5. The molecule has 2 N–H and O–H groups in total. The zero-order valence-corrected chi connectivity index (χ0v) is 55.5. The Hall–Kier alpha value is -4.33. The van der Waals surface area contributed by atoms with Gasteiger partial charge in [0, 0.05) is 108 Å². The van der Waals surface area contributed by atoms with Gasteiger partial charge in [-0.25, -0.2) is 9.59 Å². The fourth-order valence-electron chi connectivity index (χ4n) is 14.5. The molecular weight excluding hydrogens is 1180 g/mol. The van der Waals surface area contributed by atoms with E-state index in [0.717, 1.165) is 31.4 Å². The average Bonchev–Trinajstić information content (AvgIpc) is 1.96. The maximum atomic E-state index is 15.6. The second-order valence-electron chi connectivity index (χ2n) is 25.9. The molecule has 1 aromatic carbocycles. The lowest BCUT2D eigenvalue weighted by molar-refractivity contribution is -0.319. The standard InChI is InChI=1S/C64H97Cl2N5O17/c1-15-50-64(10)55(71(61(77)88-64)24-18-23-70(35-44-45(65)33-67-34-46(44)66)42-21-22-48(78-12)49(30-42)84-43-19-16-17-20-43)38(4)52(72)36(2)31-63(9,80-14)57(87-59-53(73)47(29-37(3)82-59)68(11)60(76)69-25-27-81-28-26-69)39(5)54(40(6)58(75)85-50)86-51-32-62(8,79-13)56(74)41(7)83-51/h21-22,30,33-34,36-41,43,47,50-51,53-57,59,73-74H,15-20,23-29,31-32,35H2,1-14H3/t36-,37-,38+,39+,40-,41+,47+,50-,51+,53-,54+,55+,56+,57-,59+,62-,63-,64-/m1/s1. The highest BCUT2D eigenvalue weighted by Crippen LogP contribution is 2.46. The van der Waals surface area contributed by atoms with Gasteiger partial charge in [0.15, 0.2) is 29.7 Å². The molecule has 22 nitrogen and oxygen atoms in total. The van der Waals surface area contributed by atoms with Crippen molar-refractivity contribution in [2.75, 3.05) is 72.7 Å². The number of methoxy groups -OCH3 is 3. The number of carbonyl (C=O) groups excluding carboxylic acids is 4. The van der Waals surface area contributed by atoms with Gasteiger partial charge in [-0.1, -0.05) is 50.9 Å². The number of aromatic nitrogens is 1. The number of amides is 3. The van der Waals surface area contributed by atoms with Crippen molar-refractivity contribution < 1.29 is 81.5 Å². The van der Waals surface area contributed by atoms with E-state index in [1.165, 1.54) is 19.1 Å². The van der Waals surface area contributed by atoms with Gasteiger partial charge in [-0.15, -0.1) is 0 Å². The molecule has 0 spiro atoms. The summed E-state index contributed by atoms with van der Waals surface area (Å²) in [6, 6.07) is 3.77. The van der Waals surface area contributed by atoms with Crippen molar-refractivity contribution in [3.8, 4) is 11.5 Å². The van der Waals surface area contributed by atoms with Crippen molar-refractivity contribution in [3.63, 3.8) is 0 Å². The second kappa shape index (κ2) is 29.5. The molecule has 1 saturated carbocycles. The Morgan fingerprint density at radius 3 is 2.18 bits per heavy atom. The Bertz CT molecular complexity index is 2690. The second-order valence-corrected chi connectivity index (χ2v) is 26.7. The van der Waals surface area contributed by atoms with Crippen molar-refractivity contribution in [2.24, 2.45) is 23.7 Å². The van der Waals surface area contributed by atoms with E-state index in [2.05, 4.69) is 9.88 Å². The number of cyclic esters (lactones) is 1. The van der Waals surface area contributed by atoms with Gasteiger partial charge in [0.25, 0.3) is 0 Å². The van der Waals surface area contributed by atoms with Crippen LogP contribution in [0.4, 0.5) is 15.3 Å². The van der Waals surface area contributed by atoms with Crippen molar-refractivity contribution in [1.29, 1.82) is 0 Å². The maximum Gasteiger partial charge on any atom is 0.410 e. The predicted molar refractivity (Wildman–Crippen MR) is 327 cm³/mol. The summed E-state index contributed by atoms with van der Waals surface area (Å²) in [5.41, 5.74) is -2.66. The first-order chi connectivity index (χ1) is 41.7. The third kappa shape index (κ3) is 14.9. The molecule has 494 valence electrons.